The van der Waals surface area contributed by atoms with E-state index in [1.807, 2.05) is 31.2 Å². The topological polar surface area (TPSA) is 45.7 Å². The van der Waals surface area contributed by atoms with Crippen LogP contribution in [-0.4, -0.2) is 32.7 Å². The first-order valence-corrected chi connectivity index (χ1v) is 6.76. The minimum Gasteiger partial charge on any atom is -0.491 e. The van der Waals surface area contributed by atoms with Gasteiger partial charge in [0.25, 0.3) is 0 Å². The molecule has 0 radical (unpaired) electrons. The van der Waals surface area contributed by atoms with Gasteiger partial charge < -0.3 is 15.4 Å². The molecule has 0 aliphatic rings. The third-order valence-corrected chi connectivity index (χ3v) is 2.65. The number of aryl methyl sites for hydroxylation is 1. The number of rotatable bonds is 6. The van der Waals surface area contributed by atoms with E-state index in [1.165, 1.54) is 0 Å². The number of ether oxygens (including phenoxy) is 1. The minimum absolute atomic E-state index is 0. The van der Waals surface area contributed by atoms with Gasteiger partial charge in [0.1, 0.15) is 12.4 Å². The first-order chi connectivity index (χ1) is 9.13. The molecular formula is C15H26IN3O. The summed E-state index contributed by atoms with van der Waals surface area (Å²) in [6.07, 6.45) is 0. The molecular weight excluding hydrogens is 365 g/mol. The molecule has 5 heteroatoms. The van der Waals surface area contributed by atoms with Gasteiger partial charge in [0.2, 0.25) is 0 Å². The van der Waals surface area contributed by atoms with E-state index in [2.05, 4.69) is 29.5 Å². The van der Waals surface area contributed by atoms with Crippen LogP contribution in [0.3, 0.4) is 0 Å². The molecule has 0 fully saturated rings. The van der Waals surface area contributed by atoms with Crippen molar-refractivity contribution in [3.63, 3.8) is 0 Å². The van der Waals surface area contributed by atoms with Gasteiger partial charge in [0.05, 0.1) is 6.54 Å². The van der Waals surface area contributed by atoms with E-state index in [0.717, 1.165) is 30.4 Å². The third kappa shape index (κ3) is 7.57. The molecule has 20 heavy (non-hydrogen) atoms. The summed E-state index contributed by atoms with van der Waals surface area (Å²) >= 11 is 0. The number of hydrogen-bond donors (Lipinski definition) is 2. The molecule has 0 saturated heterocycles. The molecule has 0 unspecified atom stereocenters. The van der Waals surface area contributed by atoms with E-state index in [4.69, 9.17) is 4.74 Å². The number of halogens is 1. The molecule has 0 aromatic heterocycles. The maximum atomic E-state index is 5.71. The summed E-state index contributed by atoms with van der Waals surface area (Å²) in [7, 11) is 1.78. The Morgan fingerprint density at radius 3 is 2.55 bits per heavy atom. The quantitative estimate of drug-likeness (QED) is 0.339. The Bertz CT molecular complexity index is 408. The fraction of sp³-hybridized carbons (Fsp3) is 0.533. The van der Waals surface area contributed by atoms with Gasteiger partial charge in [0.15, 0.2) is 5.96 Å². The lowest BCUT2D eigenvalue weighted by atomic mass is 10.2. The Morgan fingerprint density at radius 2 is 1.95 bits per heavy atom. The van der Waals surface area contributed by atoms with Crippen LogP contribution in [0.4, 0.5) is 0 Å². The molecule has 0 atom stereocenters. The van der Waals surface area contributed by atoms with Crippen molar-refractivity contribution in [2.45, 2.75) is 20.8 Å². The molecule has 114 valence electrons. The van der Waals surface area contributed by atoms with Crippen molar-refractivity contribution < 1.29 is 4.74 Å². The van der Waals surface area contributed by atoms with Crippen molar-refractivity contribution in [3.8, 4) is 5.75 Å². The van der Waals surface area contributed by atoms with Crippen LogP contribution in [-0.2, 0) is 0 Å². The van der Waals surface area contributed by atoms with Crippen LogP contribution in [0.1, 0.15) is 19.4 Å². The molecule has 2 N–H and O–H groups in total. The van der Waals surface area contributed by atoms with Gasteiger partial charge in [-0.2, -0.15) is 0 Å². The Balaban J connectivity index is 0.00000361. The standard InChI is InChI=1S/C15H25N3O.HI/c1-12(2)11-18-15(16-4)17-9-10-19-14-8-6-5-7-13(14)3;/h5-8,12H,9-11H2,1-4H3,(H2,16,17,18);1H. The van der Waals surface area contributed by atoms with Crippen molar-refractivity contribution in [1.82, 2.24) is 10.6 Å². The number of para-hydroxylation sites is 1. The van der Waals surface area contributed by atoms with E-state index in [-0.39, 0.29) is 24.0 Å². The molecule has 0 bridgehead atoms. The molecule has 1 rings (SSSR count). The molecule has 0 aliphatic heterocycles. The average molecular weight is 391 g/mol. The van der Waals surface area contributed by atoms with Gasteiger partial charge in [-0.05, 0) is 24.5 Å². The first-order valence-electron chi connectivity index (χ1n) is 6.76. The van der Waals surface area contributed by atoms with Crippen molar-refractivity contribution in [2.24, 2.45) is 10.9 Å². The summed E-state index contributed by atoms with van der Waals surface area (Å²) in [4.78, 5) is 4.16. The van der Waals surface area contributed by atoms with E-state index < -0.39 is 0 Å². The number of nitrogens with zero attached hydrogens (tertiary/aromatic N) is 1. The van der Waals surface area contributed by atoms with Gasteiger partial charge in [-0.15, -0.1) is 24.0 Å². The fourth-order valence-corrected chi connectivity index (χ4v) is 1.57. The van der Waals surface area contributed by atoms with Crippen molar-refractivity contribution in [1.29, 1.82) is 0 Å². The van der Waals surface area contributed by atoms with Crippen LogP contribution in [0.5, 0.6) is 5.75 Å². The smallest absolute Gasteiger partial charge is 0.191 e. The van der Waals surface area contributed by atoms with Crippen LogP contribution in [0.25, 0.3) is 0 Å². The van der Waals surface area contributed by atoms with Crippen LogP contribution >= 0.6 is 24.0 Å². The SMILES string of the molecule is CN=C(NCCOc1ccccc1C)NCC(C)C.I. The van der Waals surface area contributed by atoms with Gasteiger partial charge in [0, 0.05) is 13.6 Å². The highest BCUT2D eigenvalue weighted by Crippen LogP contribution is 2.15. The number of hydrogen-bond acceptors (Lipinski definition) is 2. The lowest BCUT2D eigenvalue weighted by molar-refractivity contribution is 0.319. The maximum Gasteiger partial charge on any atom is 0.191 e. The zero-order chi connectivity index (χ0) is 14.1. The highest BCUT2D eigenvalue weighted by molar-refractivity contribution is 14.0. The summed E-state index contributed by atoms with van der Waals surface area (Å²) < 4.78 is 5.71. The summed E-state index contributed by atoms with van der Waals surface area (Å²) in [6.45, 7) is 8.65. The number of guanidine groups is 1. The normalized spacial score (nSPS) is 10.9. The Labute approximate surface area is 139 Å². The monoisotopic (exact) mass is 391 g/mol. The zero-order valence-electron chi connectivity index (χ0n) is 12.8. The Morgan fingerprint density at radius 1 is 1.25 bits per heavy atom. The Kier molecular flexibility index (Phi) is 10.2. The number of benzene rings is 1. The largest absolute Gasteiger partial charge is 0.491 e. The highest BCUT2D eigenvalue weighted by atomic mass is 127. The van der Waals surface area contributed by atoms with Crippen molar-refractivity contribution >= 4 is 29.9 Å². The summed E-state index contributed by atoms with van der Waals surface area (Å²) in [5, 5.41) is 6.49. The molecule has 0 heterocycles. The number of nitrogens with one attached hydrogen (secondary N) is 2. The van der Waals surface area contributed by atoms with E-state index >= 15 is 0 Å². The molecule has 4 nitrogen and oxygen atoms in total. The van der Waals surface area contributed by atoms with Crippen LogP contribution < -0.4 is 15.4 Å². The second kappa shape index (κ2) is 10.8. The van der Waals surface area contributed by atoms with Crippen molar-refractivity contribution in [3.05, 3.63) is 29.8 Å². The lowest BCUT2D eigenvalue weighted by Gasteiger charge is -2.14. The molecule has 0 aliphatic carbocycles. The predicted molar refractivity (Wildman–Crippen MR) is 96.3 cm³/mol. The molecule has 0 spiro atoms. The second-order valence-corrected chi connectivity index (χ2v) is 4.89. The van der Waals surface area contributed by atoms with Crippen LogP contribution in [0, 0.1) is 12.8 Å². The minimum atomic E-state index is 0. The van der Waals surface area contributed by atoms with E-state index in [9.17, 15) is 0 Å². The third-order valence-electron chi connectivity index (χ3n) is 2.65. The average Bonchev–Trinajstić information content (AvgIpc) is 2.39. The van der Waals surface area contributed by atoms with Crippen LogP contribution in [0.15, 0.2) is 29.3 Å². The lowest BCUT2D eigenvalue weighted by Crippen LogP contribution is -2.40. The van der Waals surface area contributed by atoms with Gasteiger partial charge >= 0.3 is 0 Å². The number of aliphatic imine (C=N–C) groups is 1. The van der Waals surface area contributed by atoms with E-state index in [0.29, 0.717) is 12.5 Å². The molecule has 0 saturated carbocycles. The highest BCUT2D eigenvalue weighted by Gasteiger charge is 2.00. The van der Waals surface area contributed by atoms with Gasteiger partial charge in [-0.3, -0.25) is 4.99 Å². The van der Waals surface area contributed by atoms with Gasteiger partial charge in [-0.1, -0.05) is 32.0 Å². The summed E-state index contributed by atoms with van der Waals surface area (Å²) in [5.74, 6) is 2.36. The van der Waals surface area contributed by atoms with Crippen LogP contribution in [0.2, 0.25) is 0 Å². The summed E-state index contributed by atoms with van der Waals surface area (Å²) in [5.41, 5.74) is 1.16. The summed E-state index contributed by atoms with van der Waals surface area (Å²) in [6, 6.07) is 8.03. The maximum absolute atomic E-state index is 5.71. The van der Waals surface area contributed by atoms with Gasteiger partial charge in [-0.25, -0.2) is 0 Å². The van der Waals surface area contributed by atoms with Crippen molar-refractivity contribution in [2.75, 3.05) is 26.7 Å². The zero-order valence-corrected chi connectivity index (χ0v) is 15.1. The van der Waals surface area contributed by atoms with E-state index in [1.54, 1.807) is 7.05 Å². The fourth-order valence-electron chi connectivity index (χ4n) is 1.57. The molecule has 1 aromatic rings. The Hall–Kier alpha value is -0.980. The molecule has 1 aromatic carbocycles. The predicted octanol–water partition coefficient (Wildman–Crippen LogP) is 2.81. The molecule has 0 amide bonds. The second-order valence-electron chi connectivity index (χ2n) is 4.89. The first kappa shape index (κ1) is 19.0.